The fourth-order valence-electron chi connectivity index (χ4n) is 0.913. The summed E-state index contributed by atoms with van der Waals surface area (Å²) in [5.41, 5.74) is 0.987. The van der Waals surface area contributed by atoms with Crippen LogP contribution in [0.4, 0.5) is 5.69 Å². The first-order chi connectivity index (χ1) is 5.84. The molecule has 0 radical (unpaired) electrons. The number of nitrogens with one attached hydrogen (secondary N) is 1. The lowest BCUT2D eigenvalue weighted by Crippen LogP contribution is -1.99. The molecule has 0 saturated heterocycles. The van der Waals surface area contributed by atoms with Crippen LogP contribution in [0.3, 0.4) is 0 Å². The molecule has 0 aliphatic heterocycles. The number of anilines is 1. The summed E-state index contributed by atoms with van der Waals surface area (Å²) in [5.74, 6) is 0. The van der Waals surface area contributed by atoms with Gasteiger partial charge in [-0.25, -0.2) is 0 Å². The first-order valence-corrected chi connectivity index (χ1v) is 4.31. The van der Waals surface area contributed by atoms with Crippen molar-refractivity contribution in [3.8, 4) is 0 Å². The molecule has 0 heterocycles. The van der Waals surface area contributed by atoms with Crippen molar-refractivity contribution in [2.24, 2.45) is 0 Å². The van der Waals surface area contributed by atoms with E-state index in [2.05, 4.69) is 11.9 Å². The van der Waals surface area contributed by atoms with Crippen LogP contribution in [0.5, 0.6) is 0 Å². The molecule has 0 bridgehead atoms. The Balaban J connectivity index is 2.51. The topological polar surface area (TPSA) is 12.0 Å². The third kappa shape index (κ3) is 2.59. The van der Waals surface area contributed by atoms with Gasteiger partial charge in [0, 0.05) is 6.54 Å². The maximum Gasteiger partial charge on any atom is 0.0637 e. The number of rotatable bonds is 4. The third-order valence-electron chi connectivity index (χ3n) is 1.54. The lowest BCUT2D eigenvalue weighted by atomic mass is 10.3. The largest absolute Gasteiger partial charge is 0.384 e. The summed E-state index contributed by atoms with van der Waals surface area (Å²) >= 11 is 5.91. The first kappa shape index (κ1) is 9.14. The quantitative estimate of drug-likeness (QED) is 0.555. The van der Waals surface area contributed by atoms with E-state index < -0.39 is 0 Å². The molecule has 0 atom stereocenters. The SMILES string of the molecule is C=CCCNc1ccccc1Cl. The van der Waals surface area contributed by atoms with Gasteiger partial charge in [0.2, 0.25) is 0 Å². The van der Waals surface area contributed by atoms with Gasteiger partial charge < -0.3 is 5.32 Å². The van der Waals surface area contributed by atoms with Crippen LogP contribution in [0.25, 0.3) is 0 Å². The van der Waals surface area contributed by atoms with Gasteiger partial charge in [0.25, 0.3) is 0 Å². The van der Waals surface area contributed by atoms with Crippen LogP contribution in [0.1, 0.15) is 6.42 Å². The van der Waals surface area contributed by atoms with Crippen molar-refractivity contribution >= 4 is 17.3 Å². The molecule has 1 nitrogen and oxygen atoms in total. The average Bonchev–Trinajstić information content (AvgIpc) is 2.09. The van der Waals surface area contributed by atoms with Gasteiger partial charge in [0.15, 0.2) is 0 Å². The molecular formula is C10H12ClN. The van der Waals surface area contributed by atoms with Gasteiger partial charge in [-0.1, -0.05) is 29.8 Å². The van der Waals surface area contributed by atoms with E-state index in [0.717, 1.165) is 23.7 Å². The summed E-state index contributed by atoms with van der Waals surface area (Å²) in [4.78, 5) is 0. The minimum atomic E-state index is 0.765. The highest BCUT2D eigenvalue weighted by Crippen LogP contribution is 2.19. The zero-order valence-corrected chi connectivity index (χ0v) is 7.64. The van der Waals surface area contributed by atoms with Crippen LogP contribution in [-0.2, 0) is 0 Å². The number of hydrogen-bond acceptors (Lipinski definition) is 1. The standard InChI is InChI=1S/C10H12ClN/c1-2-3-8-12-10-7-5-4-6-9(10)11/h2,4-7,12H,1,3,8H2. The van der Waals surface area contributed by atoms with Crippen molar-refractivity contribution in [3.05, 3.63) is 41.9 Å². The minimum Gasteiger partial charge on any atom is -0.384 e. The molecule has 12 heavy (non-hydrogen) atoms. The zero-order chi connectivity index (χ0) is 8.81. The summed E-state index contributed by atoms with van der Waals surface area (Å²) in [6.07, 6.45) is 2.83. The minimum absolute atomic E-state index is 0.765. The maximum atomic E-state index is 5.91. The summed E-state index contributed by atoms with van der Waals surface area (Å²) in [7, 11) is 0. The molecule has 1 rings (SSSR count). The Hall–Kier alpha value is -0.950. The molecule has 0 amide bonds. The number of halogens is 1. The number of hydrogen-bond donors (Lipinski definition) is 1. The van der Waals surface area contributed by atoms with Gasteiger partial charge in [-0.2, -0.15) is 0 Å². The molecule has 0 aliphatic carbocycles. The molecule has 1 aromatic carbocycles. The smallest absolute Gasteiger partial charge is 0.0637 e. The molecule has 1 aromatic rings. The molecule has 0 aromatic heterocycles. The Morgan fingerprint density at radius 2 is 2.17 bits per heavy atom. The fourth-order valence-corrected chi connectivity index (χ4v) is 1.12. The van der Waals surface area contributed by atoms with Crippen LogP contribution < -0.4 is 5.32 Å². The van der Waals surface area contributed by atoms with E-state index in [1.807, 2.05) is 30.3 Å². The second-order valence-corrected chi connectivity index (χ2v) is 2.89. The highest BCUT2D eigenvalue weighted by molar-refractivity contribution is 6.33. The monoisotopic (exact) mass is 181 g/mol. The maximum absolute atomic E-state index is 5.91. The summed E-state index contributed by atoms with van der Waals surface area (Å²) in [6, 6.07) is 7.71. The van der Waals surface area contributed by atoms with E-state index in [0.29, 0.717) is 0 Å². The van der Waals surface area contributed by atoms with Gasteiger partial charge in [-0.05, 0) is 18.6 Å². The average molecular weight is 182 g/mol. The van der Waals surface area contributed by atoms with E-state index in [-0.39, 0.29) is 0 Å². The van der Waals surface area contributed by atoms with Crippen LogP contribution in [0.15, 0.2) is 36.9 Å². The van der Waals surface area contributed by atoms with E-state index in [1.165, 1.54) is 0 Å². The summed E-state index contributed by atoms with van der Waals surface area (Å²) in [6.45, 7) is 4.52. The predicted molar refractivity (Wildman–Crippen MR) is 54.8 cm³/mol. The molecule has 64 valence electrons. The van der Waals surface area contributed by atoms with Gasteiger partial charge in [-0.3, -0.25) is 0 Å². The number of para-hydroxylation sites is 1. The van der Waals surface area contributed by atoms with Crippen molar-refractivity contribution in [2.45, 2.75) is 6.42 Å². The Labute approximate surface area is 78.1 Å². The van der Waals surface area contributed by atoms with E-state index in [4.69, 9.17) is 11.6 Å². The van der Waals surface area contributed by atoms with E-state index in [9.17, 15) is 0 Å². The summed E-state index contributed by atoms with van der Waals surface area (Å²) < 4.78 is 0. The molecule has 0 aliphatic rings. The van der Waals surface area contributed by atoms with Gasteiger partial charge in [0.1, 0.15) is 0 Å². The highest BCUT2D eigenvalue weighted by Gasteiger charge is 1.94. The first-order valence-electron chi connectivity index (χ1n) is 3.94. The number of benzene rings is 1. The molecule has 0 fully saturated rings. The van der Waals surface area contributed by atoms with Gasteiger partial charge in [0.05, 0.1) is 10.7 Å². The molecule has 0 spiro atoms. The molecule has 2 heteroatoms. The van der Waals surface area contributed by atoms with Crippen molar-refractivity contribution in [3.63, 3.8) is 0 Å². The molecule has 0 saturated carbocycles. The lowest BCUT2D eigenvalue weighted by Gasteiger charge is -2.05. The molecular weight excluding hydrogens is 170 g/mol. The Kier molecular flexibility index (Phi) is 3.68. The molecule has 1 N–H and O–H groups in total. The van der Waals surface area contributed by atoms with Crippen molar-refractivity contribution in [1.82, 2.24) is 0 Å². The van der Waals surface area contributed by atoms with Crippen LogP contribution >= 0.6 is 11.6 Å². The highest BCUT2D eigenvalue weighted by atomic mass is 35.5. The molecule has 0 unspecified atom stereocenters. The van der Waals surface area contributed by atoms with Crippen LogP contribution in [0.2, 0.25) is 5.02 Å². The van der Waals surface area contributed by atoms with E-state index >= 15 is 0 Å². The Bertz CT molecular complexity index is 258. The zero-order valence-electron chi connectivity index (χ0n) is 6.89. The Morgan fingerprint density at radius 1 is 1.42 bits per heavy atom. The van der Waals surface area contributed by atoms with Crippen molar-refractivity contribution < 1.29 is 0 Å². The van der Waals surface area contributed by atoms with Gasteiger partial charge in [-0.15, -0.1) is 6.58 Å². The summed E-state index contributed by atoms with van der Waals surface area (Å²) in [5, 5.41) is 3.98. The lowest BCUT2D eigenvalue weighted by molar-refractivity contribution is 1.07. The van der Waals surface area contributed by atoms with E-state index in [1.54, 1.807) is 0 Å². The van der Waals surface area contributed by atoms with Crippen LogP contribution in [0, 0.1) is 0 Å². The van der Waals surface area contributed by atoms with Crippen molar-refractivity contribution in [1.29, 1.82) is 0 Å². The Morgan fingerprint density at radius 3 is 2.83 bits per heavy atom. The fraction of sp³-hybridized carbons (Fsp3) is 0.200. The second kappa shape index (κ2) is 4.83. The normalized spacial score (nSPS) is 9.42. The third-order valence-corrected chi connectivity index (χ3v) is 1.87. The van der Waals surface area contributed by atoms with Crippen LogP contribution in [-0.4, -0.2) is 6.54 Å². The van der Waals surface area contributed by atoms with Gasteiger partial charge >= 0.3 is 0 Å². The van der Waals surface area contributed by atoms with Crippen molar-refractivity contribution in [2.75, 3.05) is 11.9 Å². The second-order valence-electron chi connectivity index (χ2n) is 2.48. The predicted octanol–water partition coefficient (Wildman–Crippen LogP) is 3.33.